The third-order valence-corrected chi connectivity index (χ3v) is 5.49. The summed E-state index contributed by atoms with van der Waals surface area (Å²) in [5.41, 5.74) is 6.14. The summed E-state index contributed by atoms with van der Waals surface area (Å²) >= 11 is 7.15. The van der Waals surface area contributed by atoms with Gasteiger partial charge in [-0.1, -0.05) is 11.6 Å². The van der Waals surface area contributed by atoms with Crippen LogP contribution in [0.5, 0.6) is 0 Å². The lowest BCUT2D eigenvalue weighted by Gasteiger charge is -2.11. The van der Waals surface area contributed by atoms with E-state index in [1.54, 1.807) is 0 Å². The number of benzene rings is 1. The highest BCUT2D eigenvalue weighted by molar-refractivity contribution is 7.17. The summed E-state index contributed by atoms with van der Waals surface area (Å²) in [6, 6.07) is 3.74. The number of anilines is 1. The van der Waals surface area contributed by atoms with Crippen LogP contribution < -0.4 is 11.1 Å². The van der Waals surface area contributed by atoms with Crippen LogP contribution in [0.4, 0.5) is 10.7 Å². The van der Waals surface area contributed by atoms with E-state index in [0.717, 1.165) is 36.1 Å². The van der Waals surface area contributed by atoms with Crippen molar-refractivity contribution < 1.29 is 14.5 Å². The van der Waals surface area contributed by atoms with Gasteiger partial charge in [0.05, 0.1) is 10.5 Å². The second-order valence-corrected chi connectivity index (χ2v) is 7.19. The van der Waals surface area contributed by atoms with Crippen LogP contribution >= 0.6 is 22.9 Å². The van der Waals surface area contributed by atoms with E-state index < -0.39 is 16.7 Å². The number of hydrogen-bond acceptors (Lipinski definition) is 5. The summed E-state index contributed by atoms with van der Waals surface area (Å²) in [5, 5.41) is 14.3. The van der Waals surface area contributed by atoms with Crippen LogP contribution in [-0.4, -0.2) is 16.7 Å². The summed E-state index contributed by atoms with van der Waals surface area (Å²) in [7, 11) is 0. The number of nitrogens with one attached hydrogen (secondary N) is 1. The SMILES string of the molecule is NC(=O)c1c(NC(=O)c2cc(Cl)ccc2[N+](=O)[O-])sc2c1CCCC2. The minimum atomic E-state index is -0.699. The number of hydrogen-bond donors (Lipinski definition) is 2. The van der Waals surface area contributed by atoms with Gasteiger partial charge in [0, 0.05) is 16.0 Å². The van der Waals surface area contributed by atoms with E-state index in [1.807, 2.05) is 0 Å². The van der Waals surface area contributed by atoms with E-state index in [2.05, 4.69) is 5.32 Å². The number of thiophene rings is 1. The molecule has 0 saturated heterocycles. The van der Waals surface area contributed by atoms with Gasteiger partial charge in [0.2, 0.25) is 0 Å². The Balaban J connectivity index is 2.00. The Morgan fingerprint density at radius 2 is 2.00 bits per heavy atom. The molecule has 1 aliphatic rings. The van der Waals surface area contributed by atoms with Crippen molar-refractivity contribution in [3.8, 4) is 0 Å². The molecule has 2 amide bonds. The molecule has 25 heavy (non-hydrogen) atoms. The zero-order valence-corrected chi connectivity index (χ0v) is 14.6. The Morgan fingerprint density at radius 1 is 1.28 bits per heavy atom. The number of carbonyl (C=O) groups excluding carboxylic acids is 2. The molecule has 1 heterocycles. The average molecular weight is 380 g/mol. The van der Waals surface area contributed by atoms with Gasteiger partial charge in [-0.2, -0.15) is 0 Å². The molecule has 0 spiro atoms. The molecule has 1 aliphatic carbocycles. The zero-order chi connectivity index (χ0) is 18.1. The number of fused-ring (bicyclic) bond motifs is 1. The second kappa shape index (κ2) is 6.81. The first-order valence-electron chi connectivity index (χ1n) is 7.58. The largest absolute Gasteiger partial charge is 0.365 e. The van der Waals surface area contributed by atoms with Crippen LogP contribution in [-0.2, 0) is 12.8 Å². The number of aryl methyl sites for hydroxylation is 1. The number of halogens is 1. The van der Waals surface area contributed by atoms with Crippen molar-refractivity contribution in [1.82, 2.24) is 0 Å². The normalized spacial score (nSPS) is 13.2. The molecule has 3 rings (SSSR count). The second-order valence-electron chi connectivity index (χ2n) is 5.65. The number of nitrogens with zero attached hydrogens (tertiary/aromatic N) is 1. The Kier molecular flexibility index (Phi) is 4.73. The fraction of sp³-hybridized carbons (Fsp3) is 0.250. The number of nitro groups is 1. The zero-order valence-electron chi connectivity index (χ0n) is 13.0. The maximum absolute atomic E-state index is 12.6. The third-order valence-electron chi connectivity index (χ3n) is 4.04. The molecular formula is C16H14ClN3O4S. The molecule has 2 aromatic rings. The highest BCUT2D eigenvalue weighted by Crippen LogP contribution is 2.38. The maximum atomic E-state index is 12.6. The molecule has 9 heteroatoms. The highest BCUT2D eigenvalue weighted by Gasteiger charge is 2.27. The number of amides is 2. The van der Waals surface area contributed by atoms with Gasteiger partial charge in [0.25, 0.3) is 17.5 Å². The van der Waals surface area contributed by atoms with Gasteiger partial charge in [-0.25, -0.2) is 0 Å². The van der Waals surface area contributed by atoms with Gasteiger partial charge >= 0.3 is 0 Å². The van der Waals surface area contributed by atoms with Gasteiger partial charge < -0.3 is 11.1 Å². The van der Waals surface area contributed by atoms with Crippen molar-refractivity contribution in [2.75, 3.05) is 5.32 Å². The molecule has 0 atom stereocenters. The molecule has 0 radical (unpaired) electrons. The van der Waals surface area contributed by atoms with Crippen molar-refractivity contribution in [2.24, 2.45) is 5.73 Å². The summed E-state index contributed by atoms with van der Waals surface area (Å²) < 4.78 is 0. The molecule has 3 N–H and O–H groups in total. The molecule has 7 nitrogen and oxygen atoms in total. The molecule has 1 aromatic carbocycles. The smallest absolute Gasteiger partial charge is 0.282 e. The first-order valence-corrected chi connectivity index (χ1v) is 8.77. The first-order chi connectivity index (χ1) is 11.9. The fourth-order valence-corrected chi connectivity index (χ4v) is 4.40. The van der Waals surface area contributed by atoms with Gasteiger partial charge in [-0.3, -0.25) is 19.7 Å². The number of primary amides is 1. The van der Waals surface area contributed by atoms with Crippen LogP contribution in [0.2, 0.25) is 5.02 Å². The van der Waals surface area contributed by atoms with E-state index in [4.69, 9.17) is 17.3 Å². The predicted molar refractivity (Wildman–Crippen MR) is 95.5 cm³/mol. The standard InChI is InChI=1S/C16H14ClN3O4S/c17-8-5-6-11(20(23)24)10(7-8)15(22)19-16-13(14(18)21)9-3-1-2-4-12(9)25-16/h5-7H,1-4H2,(H2,18,21)(H,19,22). The van der Waals surface area contributed by atoms with E-state index in [0.29, 0.717) is 10.6 Å². The molecular weight excluding hydrogens is 366 g/mol. The number of rotatable bonds is 4. The molecule has 130 valence electrons. The Bertz CT molecular complexity index is 894. The lowest BCUT2D eigenvalue weighted by molar-refractivity contribution is -0.385. The van der Waals surface area contributed by atoms with Gasteiger partial charge in [-0.15, -0.1) is 11.3 Å². The lowest BCUT2D eigenvalue weighted by Crippen LogP contribution is -2.19. The molecule has 0 fully saturated rings. The van der Waals surface area contributed by atoms with Gasteiger partial charge in [0.15, 0.2) is 0 Å². The van der Waals surface area contributed by atoms with Gasteiger partial charge in [-0.05, 0) is 43.4 Å². The van der Waals surface area contributed by atoms with Crippen molar-refractivity contribution in [3.05, 3.63) is 54.9 Å². The van der Waals surface area contributed by atoms with Gasteiger partial charge in [0.1, 0.15) is 10.6 Å². The molecule has 0 aliphatic heterocycles. The lowest BCUT2D eigenvalue weighted by atomic mass is 9.95. The quantitative estimate of drug-likeness (QED) is 0.624. The van der Waals surface area contributed by atoms with Crippen LogP contribution in [0.25, 0.3) is 0 Å². The van der Waals surface area contributed by atoms with E-state index in [-0.39, 0.29) is 16.3 Å². The predicted octanol–water partition coefficient (Wildman–Crippen LogP) is 3.54. The van der Waals surface area contributed by atoms with E-state index >= 15 is 0 Å². The number of nitrogens with two attached hydrogens (primary N) is 1. The maximum Gasteiger partial charge on any atom is 0.282 e. The molecule has 0 saturated carbocycles. The van der Waals surface area contributed by atoms with Crippen molar-refractivity contribution in [3.63, 3.8) is 0 Å². The molecule has 0 bridgehead atoms. The molecule has 0 unspecified atom stereocenters. The summed E-state index contributed by atoms with van der Waals surface area (Å²) in [6.07, 6.45) is 3.53. The van der Waals surface area contributed by atoms with Crippen LogP contribution in [0.3, 0.4) is 0 Å². The van der Waals surface area contributed by atoms with Crippen LogP contribution in [0.1, 0.15) is 44.0 Å². The Labute approximate surface area is 151 Å². The third kappa shape index (κ3) is 3.35. The number of nitro benzene ring substituents is 1. The van der Waals surface area contributed by atoms with Crippen LogP contribution in [0, 0.1) is 10.1 Å². The first kappa shape index (κ1) is 17.4. The van der Waals surface area contributed by atoms with Crippen molar-refractivity contribution >= 4 is 45.4 Å². The average Bonchev–Trinajstić information content (AvgIpc) is 2.92. The molecule has 1 aromatic heterocycles. The van der Waals surface area contributed by atoms with E-state index in [9.17, 15) is 19.7 Å². The minimum absolute atomic E-state index is 0.167. The Hall–Kier alpha value is -2.45. The topological polar surface area (TPSA) is 115 Å². The fourth-order valence-electron chi connectivity index (χ4n) is 2.93. The minimum Gasteiger partial charge on any atom is -0.365 e. The van der Waals surface area contributed by atoms with Crippen LogP contribution in [0.15, 0.2) is 18.2 Å². The summed E-state index contributed by atoms with van der Waals surface area (Å²) in [6.45, 7) is 0. The summed E-state index contributed by atoms with van der Waals surface area (Å²) in [4.78, 5) is 35.9. The number of carbonyl (C=O) groups is 2. The van der Waals surface area contributed by atoms with E-state index in [1.165, 1.54) is 29.5 Å². The van der Waals surface area contributed by atoms with Crippen molar-refractivity contribution in [1.29, 1.82) is 0 Å². The Morgan fingerprint density at radius 3 is 2.68 bits per heavy atom. The summed E-state index contributed by atoms with van der Waals surface area (Å²) in [5.74, 6) is -1.31. The van der Waals surface area contributed by atoms with Crippen molar-refractivity contribution in [2.45, 2.75) is 25.7 Å². The monoisotopic (exact) mass is 379 g/mol. The highest BCUT2D eigenvalue weighted by atomic mass is 35.5.